The highest BCUT2D eigenvalue weighted by molar-refractivity contribution is 7.98. The molecule has 2 amide bonds. The minimum absolute atomic E-state index is 0.0396. The van der Waals surface area contributed by atoms with Crippen molar-refractivity contribution in [3.63, 3.8) is 0 Å². The molecular weight excluding hydrogens is 316 g/mol. The van der Waals surface area contributed by atoms with Crippen LogP contribution in [0.2, 0.25) is 0 Å². The number of thioether (sulfide) groups is 1. The van der Waals surface area contributed by atoms with E-state index in [0.717, 1.165) is 10.6 Å². The summed E-state index contributed by atoms with van der Waals surface area (Å²) in [5, 5.41) is 7.52. The molecule has 0 aliphatic rings. The first-order valence-corrected chi connectivity index (χ1v) is 9.05. The molecular formula is C16H18N2O2S2. The van der Waals surface area contributed by atoms with E-state index in [1.165, 1.54) is 11.3 Å². The number of carbonyl (C=O) groups is 2. The lowest BCUT2D eigenvalue weighted by molar-refractivity contribution is -0.116. The van der Waals surface area contributed by atoms with Crippen molar-refractivity contribution in [1.29, 1.82) is 0 Å². The smallest absolute Gasteiger partial charge is 0.261 e. The van der Waals surface area contributed by atoms with Crippen LogP contribution in [0.25, 0.3) is 0 Å². The standard InChI is InChI=1S/C16H18N2O2S2/c1-21-13-8-6-12(7-9-13)18-15(19)5-2-10-17-16(20)14-4-3-11-22-14/h3-4,6-9,11H,2,5,10H2,1H3,(H,17,20)(H,18,19). The molecule has 0 aliphatic heterocycles. The highest BCUT2D eigenvalue weighted by atomic mass is 32.2. The molecule has 0 saturated heterocycles. The van der Waals surface area contributed by atoms with E-state index in [-0.39, 0.29) is 11.8 Å². The van der Waals surface area contributed by atoms with Crippen molar-refractivity contribution >= 4 is 40.6 Å². The highest BCUT2D eigenvalue weighted by Gasteiger charge is 2.06. The Morgan fingerprint density at radius 1 is 1.18 bits per heavy atom. The number of nitrogens with one attached hydrogen (secondary N) is 2. The third kappa shape index (κ3) is 5.20. The molecule has 0 fully saturated rings. The largest absolute Gasteiger partial charge is 0.351 e. The predicted molar refractivity (Wildman–Crippen MR) is 92.7 cm³/mol. The first kappa shape index (κ1) is 16.6. The molecule has 116 valence electrons. The van der Waals surface area contributed by atoms with Gasteiger partial charge in [-0.3, -0.25) is 9.59 Å². The van der Waals surface area contributed by atoms with Gasteiger partial charge in [0.1, 0.15) is 0 Å². The van der Waals surface area contributed by atoms with Crippen LogP contribution in [0.1, 0.15) is 22.5 Å². The minimum Gasteiger partial charge on any atom is -0.351 e. The third-order valence-corrected chi connectivity index (χ3v) is 4.60. The number of thiophene rings is 1. The molecule has 22 heavy (non-hydrogen) atoms. The van der Waals surface area contributed by atoms with E-state index in [1.807, 2.05) is 42.0 Å². The number of benzene rings is 1. The van der Waals surface area contributed by atoms with Gasteiger partial charge in [-0.1, -0.05) is 6.07 Å². The van der Waals surface area contributed by atoms with Gasteiger partial charge in [0, 0.05) is 23.5 Å². The van der Waals surface area contributed by atoms with Crippen molar-refractivity contribution < 1.29 is 9.59 Å². The van der Waals surface area contributed by atoms with Crippen molar-refractivity contribution in [2.45, 2.75) is 17.7 Å². The van der Waals surface area contributed by atoms with Gasteiger partial charge in [0.2, 0.25) is 5.91 Å². The summed E-state index contributed by atoms with van der Waals surface area (Å²) >= 11 is 3.07. The normalized spacial score (nSPS) is 10.2. The summed E-state index contributed by atoms with van der Waals surface area (Å²) in [6, 6.07) is 11.4. The molecule has 2 N–H and O–H groups in total. The van der Waals surface area contributed by atoms with Crippen molar-refractivity contribution in [3.8, 4) is 0 Å². The molecule has 0 atom stereocenters. The van der Waals surface area contributed by atoms with E-state index >= 15 is 0 Å². The van der Waals surface area contributed by atoms with Crippen molar-refractivity contribution in [2.24, 2.45) is 0 Å². The molecule has 0 saturated carbocycles. The molecule has 6 heteroatoms. The number of rotatable bonds is 7. The summed E-state index contributed by atoms with van der Waals surface area (Å²) < 4.78 is 0. The summed E-state index contributed by atoms with van der Waals surface area (Å²) in [6.45, 7) is 0.496. The summed E-state index contributed by atoms with van der Waals surface area (Å²) in [7, 11) is 0. The SMILES string of the molecule is CSc1ccc(NC(=O)CCCNC(=O)c2cccs2)cc1. The molecule has 0 radical (unpaired) electrons. The van der Waals surface area contributed by atoms with Crippen LogP contribution in [-0.4, -0.2) is 24.6 Å². The molecule has 0 bridgehead atoms. The fourth-order valence-electron chi connectivity index (χ4n) is 1.84. The van der Waals surface area contributed by atoms with Crippen LogP contribution < -0.4 is 10.6 Å². The summed E-state index contributed by atoms with van der Waals surface area (Å²) in [4.78, 5) is 25.4. The first-order valence-electron chi connectivity index (χ1n) is 6.94. The van der Waals surface area contributed by atoms with Gasteiger partial charge < -0.3 is 10.6 Å². The van der Waals surface area contributed by atoms with Crippen LogP contribution in [0.15, 0.2) is 46.7 Å². The molecule has 4 nitrogen and oxygen atoms in total. The van der Waals surface area contributed by atoms with Gasteiger partial charge in [-0.25, -0.2) is 0 Å². The third-order valence-electron chi connectivity index (χ3n) is 2.98. The Kier molecular flexibility index (Phi) is 6.48. The minimum atomic E-state index is -0.0805. The number of anilines is 1. The summed E-state index contributed by atoms with van der Waals surface area (Å²) in [6.07, 6.45) is 3.01. The Bertz CT molecular complexity index is 610. The van der Waals surface area contributed by atoms with Crippen LogP contribution in [0, 0.1) is 0 Å². The van der Waals surface area contributed by atoms with Crippen molar-refractivity contribution in [3.05, 3.63) is 46.7 Å². The number of hydrogen-bond acceptors (Lipinski definition) is 4. The van der Waals surface area contributed by atoms with Crippen LogP contribution in [-0.2, 0) is 4.79 Å². The lowest BCUT2D eigenvalue weighted by Gasteiger charge is -2.06. The van der Waals surface area contributed by atoms with Crippen LogP contribution in [0.4, 0.5) is 5.69 Å². The fraction of sp³-hybridized carbons (Fsp3) is 0.250. The zero-order valence-electron chi connectivity index (χ0n) is 12.3. The molecule has 0 unspecified atom stereocenters. The van der Waals surface area contributed by atoms with Crippen LogP contribution in [0.5, 0.6) is 0 Å². The number of amides is 2. The van der Waals surface area contributed by atoms with Gasteiger partial charge in [-0.2, -0.15) is 0 Å². The summed E-state index contributed by atoms with van der Waals surface area (Å²) in [5.41, 5.74) is 0.797. The second-order valence-corrected chi connectivity index (χ2v) is 6.44. The maximum absolute atomic E-state index is 11.8. The zero-order chi connectivity index (χ0) is 15.8. The maximum Gasteiger partial charge on any atom is 0.261 e. The topological polar surface area (TPSA) is 58.2 Å². The monoisotopic (exact) mass is 334 g/mol. The lowest BCUT2D eigenvalue weighted by atomic mass is 10.2. The highest BCUT2D eigenvalue weighted by Crippen LogP contribution is 2.17. The van der Waals surface area contributed by atoms with Crippen LogP contribution in [0.3, 0.4) is 0 Å². The maximum atomic E-state index is 11.8. The van der Waals surface area contributed by atoms with Gasteiger partial charge >= 0.3 is 0 Å². The Balaban J connectivity index is 1.66. The lowest BCUT2D eigenvalue weighted by Crippen LogP contribution is -2.24. The number of hydrogen-bond donors (Lipinski definition) is 2. The predicted octanol–water partition coefficient (Wildman–Crippen LogP) is 3.62. The molecule has 2 aromatic rings. The van der Waals surface area contributed by atoms with Gasteiger partial charge in [0.15, 0.2) is 0 Å². The summed E-state index contributed by atoms with van der Waals surface area (Å²) in [5.74, 6) is -0.120. The van der Waals surface area contributed by atoms with Crippen molar-refractivity contribution in [1.82, 2.24) is 5.32 Å². The molecule has 0 aliphatic carbocycles. The van der Waals surface area contributed by atoms with E-state index in [0.29, 0.717) is 24.3 Å². The Hall–Kier alpha value is -1.79. The number of carbonyl (C=O) groups excluding carboxylic acids is 2. The molecule has 2 rings (SSSR count). The Labute approximate surface area is 138 Å². The van der Waals surface area contributed by atoms with E-state index in [1.54, 1.807) is 17.8 Å². The zero-order valence-corrected chi connectivity index (χ0v) is 13.9. The van der Waals surface area contributed by atoms with E-state index in [9.17, 15) is 9.59 Å². The van der Waals surface area contributed by atoms with E-state index < -0.39 is 0 Å². The average molecular weight is 334 g/mol. The van der Waals surface area contributed by atoms with Gasteiger partial charge in [0.05, 0.1) is 4.88 Å². The van der Waals surface area contributed by atoms with Gasteiger partial charge in [-0.15, -0.1) is 23.1 Å². The van der Waals surface area contributed by atoms with E-state index in [2.05, 4.69) is 10.6 Å². The fourth-order valence-corrected chi connectivity index (χ4v) is 2.89. The molecule has 1 aromatic heterocycles. The van der Waals surface area contributed by atoms with Gasteiger partial charge in [-0.05, 0) is 48.4 Å². The van der Waals surface area contributed by atoms with E-state index in [4.69, 9.17) is 0 Å². The van der Waals surface area contributed by atoms with Crippen molar-refractivity contribution in [2.75, 3.05) is 18.1 Å². The average Bonchev–Trinajstić information content (AvgIpc) is 3.06. The second kappa shape index (κ2) is 8.60. The quantitative estimate of drug-likeness (QED) is 0.600. The second-order valence-electron chi connectivity index (χ2n) is 4.61. The Morgan fingerprint density at radius 2 is 1.95 bits per heavy atom. The Morgan fingerprint density at radius 3 is 2.59 bits per heavy atom. The first-order chi connectivity index (χ1) is 10.7. The molecule has 1 heterocycles. The van der Waals surface area contributed by atoms with Crippen LogP contribution >= 0.6 is 23.1 Å². The van der Waals surface area contributed by atoms with Gasteiger partial charge in [0.25, 0.3) is 5.91 Å². The molecule has 0 spiro atoms. The molecule has 1 aromatic carbocycles.